The first-order valence-electron chi connectivity index (χ1n) is 10.7. The number of amides is 2. The molecule has 2 aliphatic rings. The molecule has 0 spiro atoms. The van der Waals surface area contributed by atoms with Gasteiger partial charge in [0.2, 0.25) is 5.91 Å². The molecule has 0 radical (unpaired) electrons. The molecule has 0 aromatic heterocycles. The molecule has 2 heterocycles. The monoisotopic (exact) mass is 444 g/mol. The summed E-state index contributed by atoms with van der Waals surface area (Å²) in [7, 11) is 3.15. The minimum absolute atomic E-state index is 0.296. The van der Waals surface area contributed by atoms with E-state index in [1.54, 1.807) is 37.5 Å². The Hall–Kier alpha value is -3.84. The second kappa shape index (κ2) is 8.26. The first-order chi connectivity index (χ1) is 16.0. The van der Waals surface area contributed by atoms with Gasteiger partial charge in [-0.2, -0.15) is 0 Å². The Morgan fingerprint density at radius 2 is 1.55 bits per heavy atom. The molecular weight excluding hydrogens is 420 g/mol. The van der Waals surface area contributed by atoms with Crippen LogP contribution in [0.4, 0.5) is 11.4 Å². The van der Waals surface area contributed by atoms with Gasteiger partial charge < -0.3 is 9.47 Å². The van der Waals surface area contributed by atoms with E-state index >= 15 is 0 Å². The molecule has 2 fully saturated rings. The predicted octanol–water partition coefficient (Wildman–Crippen LogP) is 4.06. The Morgan fingerprint density at radius 3 is 2.21 bits per heavy atom. The number of hydrogen-bond acceptors (Lipinski definition) is 6. The van der Waals surface area contributed by atoms with Gasteiger partial charge in [-0.25, -0.2) is 9.96 Å². The smallest absolute Gasteiger partial charge is 0.266 e. The molecule has 2 amide bonds. The second-order valence-corrected chi connectivity index (χ2v) is 8.11. The van der Waals surface area contributed by atoms with Crippen LogP contribution in [0.5, 0.6) is 11.5 Å². The molecule has 7 nitrogen and oxygen atoms in total. The number of hydroxylamine groups is 1. The highest BCUT2D eigenvalue weighted by atomic mass is 16.7. The fourth-order valence-corrected chi connectivity index (χ4v) is 4.54. The van der Waals surface area contributed by atoms with E-state index in [0.717, 1.165) is 16.8 Å². The summed E-state index contributed by atoms with van der Waals surface area (Å²) in [6, 6.07) is 21.6. The van der Waals surface area contributed by atoms with Gasteiger partial charge >= 0.3 is 0 Å². The molecule has 168 valence electrons. The summed E-state index contributed by atoms with van der Waals surface area (Å²) in [4.78, 5) is 34.5. The van der Waals surface area contributed by atoms with Crippen molar-refractivity contribution in [2.24, 2.45) is 5.92 Å². The van der Waals surface area contributed by atoms with Crippen LogP contribution in [0, 0.1) is 12.8 Å². The van der Waals surface area contributed by atoms with Gasteiger partial charge in [0.1, 0.15) is 17.4 Å². The number of fused-ring (bicyclic) bond motifs is 1. The fourth-order valence-electron chi connectivity index (χ4n) is 4.54. The van der Waals surface area contributed by atoms with Crippen molar-refractivity contribution in [3.63, 3.8) is 0 Å². The number of ether oxygens (including phenoxy) is 2. The van der Waals surface area contributed by atoms with Gasteiger partial charge in [-0.15, -0.1) is 0 Å². The maximum atomic E-state index is 13.7. The number of anilines is 2. The van der Waals surface area contributed by atoms with Crippen LogP contribution in [0.3, 0.4) is 0 Å². The van der Waals surface area contributed by atoms with Gasteiger partial charge in [-0.3, -0.25) is 14.4 Å². The lowest BCUT2D eigenvalue weighted by Gasteiger charge is -2.29. The highest BCUT2D eigenvalue weighted by Gasteiger charge is 2.60. The minimum Gasteiger partial charge on any atom is -0.497 e. The van der Waals surface area contributed by atoms with Crippen molar-refractivity contribution in [2.75, 3.05) is 24.2 Å². The number of carbonyl (C=O) groups excluding carboxylic acids is 2. The van der Waals surface area contributed by atoms with E-state index in [2.05, 4.69) is 0 Å². The number of para-hydroxylation sites is 1. The number of rotatable bonds is 5. The Kier molecular flexibility index (Phi) is 5.26. The van der Waals surface area contributed by atoms with Crippen LogP contribution in [0.2, 0.25) is 0 Å². The molecule has 3 atom stereocenters. The Balaban J connectivity index is 1.62. The van der Waals surface area contributed by atoms with Crippen molar-refractivity contribution in [3.8, 4) is 11.5 Å². The molecule has 3 aromatic carbocycles. The van der Waals surface area contributed by atoms with Gasteiger partial charge in [0.15, 0.2) is 6.10 Å². The molecule has 0 N–H and O–H groups in total. The fraction of sp³-hybridized carbons (Fsp3) is 0.231. The number of imide groups is 1. The third-order valence-electron chi connectivity index (χ3n) is 6.18. The number of benzene rings is 3. The first-order valence-corrected chi connectivity index (χ1v) is 10.7. The zero-order valence-corrected chi connectivity index (χ0v) is 18.6. The summed E-state index contributed by atoms with van der Waals surface area (Å²) < 4.78 is 11.0. The highest BCUT2D eigenvalue weighted by molar-refractivity contribution is 6.23. The van der Waals surface area contributed by atoms with Gasteiger partial charge in [0, 0.05) is 11.6 Å². The normalized spacial score (nSPS) is 22.0. The molecule has 33 heavy (non-hydrogen) atoms. The standard InChI is InChI=1S/C26H24N2O5/c1-16-9-11-17(12-10-16)27-25(29)22-23(20-14-13-19(31-2)15-21(20)32-3)28(33-24(22)26(27)30)18-7-5-4-6-8-18/h4-15,22-24H,1-3H3/t22-,23-,24+/m1/s1. The van der Waals surface area contributed by atoms with E-state index in [1.165, 1.54) is 4.90 Å². The number of hydrogen-bond donors (Lipinski definition) is 0. The van der Waals surface area contributed by atoms with Crippen LogP contribution in [-0.4, -0.2) is 32.1 Å². The maximum Gasteiger partial charge on any atom is 0.266 e. The maximum absolute atomic E-state index is 13.7. The molecule has 0 unspecified atom stereocenters. The third-order valence-corrected chi connectivity index (χ3v) is 6.18. The van der Waals surface area contributed by atoms with Crippen molar-refractivity contribution in [1.29, 1.82) is 0 Å². The van der Waals surface area contributed by atoms with Gasteiger partial charge in [-0.05, 0) is 43.3 Å². The zero-order valence-electron chi connectivity index (χ0n) is 18.6. The molecule has 7 heteroatoms. The van der Waals surface area contributed by atoms with E-state index in [9.17, 15) is 9.59 Å². The number of carbonyl (C=O) groups is 2. The predicted molar refractivity (Wildman–Crippen MR) is 123 cm³/mol. The van der Waals surface area contributed by atoms with Gasteiger partial charge in [0.05, 0.1) is 31.6 Å². The number of aryl methyl sites for hydroxylation is 1. The van der Waals surface area contributed by atoms with E-state index in [-0.39, 0.29) is 11.8 Å². The molecule has 2 aliphatic heterocycles. The molecule has 2 saturated heterocycles. The van der Waals surface area contributed by atoms with Crippen molar-refractivity contribution >= 4 is 23.2 Å². The Labute approximate surface area is 192 Å². The van der Waals surface area contributed by atoms with Crippen LogP contribution < -0.4 is 19.4 Å². The number of methoxy groups -OCH3 is 2. The molecule has 0 bridgehead atoms. The summed E-state index contributed by atoms with van der Waals surface area (Å²) in [5, 5.41) is 1.65. The summed E-state index contributed by atoms with van der Waals surface area (Å²) in [5.74, 6) is -0.216. The Morgan fingerprint density at radius 1 is 0.818 bits per heavy atom. The third kappa shape index (κ3) is 3.41. The lowest BCUT2D eigenvalue weighted by molar-refractivity contribution is -0.126. The van der Waals surface area contributed by atoms with E-state index < -0.39 is 18.1 Å². The van der Waals surface area contributed by atoms with E-state index in [0.29, 0.717) is 17.2 Å². The van der Waals surface area contributed by atoms with Crippen LogP contribution in [-0.2, 0) is 14.4 Å². The highest BCUT2D eigenvalue weighted by Crippen LogP contribution is 2.49. The average molecular weight is 444 g/mol. The second-order valence-electron chi connectivity index (χ2n) is 8.11. The van der Waals surface area contributed by atoms with Crippen molar-refractivity contribution in [2.45, 2.75) is 19.1 Å². The van der Waals surface area contributed by atoms with Gasteiger partial charge in [0.25, 0.3) is 5.91 Å². The van der Waals surface area contributed by atoms with Crippen molar-refractivity contribution in [1.82, 2.24) is 0 Å². The SMILES string of the molecule is COc1ccc([C@@H]2[C@H]3C(=O)N(c4ccc(C)cc4)C(=O)[C@H]3ON2c2ccccc2)c(OC)c1. The van der Waals surface area contributed by atoms with Crippen LogP contribution in [0.1, 0.15) is 17.2 Å². The summed E-state index contributed by atoms with van der Waals surface area (Å²) >= 11 is 0. The average Bonchev–Trinajstić information content (AvgIpc) is 3.35. The lowest BCUT2D eigenvalue weighted by atomic mass is 9.90. The van der Waals surface area contributed by atoms with Crippen molar-refractivity contribution in [3.05, 3.63) is 83.9 Å². The van der Waals surface area contributed by atoms with Crippen LogP contribution in [0.25, 0.3) is 0 Å². The molecular formula is C26H24N2O5. The molecule has 0 saturated carbocycles. The lowest BCUT2D eigenvalue weighted by Crippen LogP contribution is -2.37. The Bertz CT molecular complexity index is 1200. The van der Waals surface area contributed by atoms with Crippen LogP contribution in [0.15, 0.2) is 72.8 Å². The molecule has 0 aliphatic carbocycles. The van der Waals surface area contributed by atoms with Gasteiger partial charge in [-0.1, -0.05) is 35.9 Å². The molecule has 5 rings (SSSR count). The van der Waals surface area contributed by atoms with Crippen molar-refractivity contribution < 1.29 is 23.9 Å². The zero-order chi connectivity index (χ0) is 23.1. The largest absolute Gasteiger partial charge is 0.497 e. The quantitative estimate of drug-likeness (QED) is 0.553. The van der Waals surface area contributed by atoms with Crippen LogP contribution >= 0.6 is 0 Å². The summed E-state index contributed by atoms with van der Waals surface area (Å²) in [6.45, 7) is 1.96. The van der Waals surface area contributed by atoms with E-state index in [4.69, 9.17) is 14.3 Å². The molecule has 3 aromatic rings. The number of nitrogens with zero attached hydrogens (tertiary/aromatic N) is 2. The minimum atomic E-state index is -0.934. The summed E-state index contributed by atoms with van der Waals surface area (Å²) in [6.07, 6.45) is -0.934. The topological polar surface area (TPSA) is 68.3 Å². The van der Waals surface area contributed by atoms with E-state index in [1.807, 2.05) is 61.5 Å². The first kappa shape index (κ1) is 21.0. The summed E-state index contributed by atoms with van der Waals surface area (Å²) in [5.41, 5.74) is 3.07.